The van der Waals surface area contributed by atoms with Gasteiger partial charge in [-0.15, -0.1) is 0 Å². The maximum absolute atomic E-state index is 12.5. The summed E-state index contributed by atoms with van der Waals surface area (Å²) < 4.78 is 112. The van der Waals surface area contributed by atoms with Gasteiger partial charge in [0.25, 0.3) is 0 Å². The molecule has 6 heterocycles. The molecular formula is C61H100O31S. The quantitative estimate of drug-likeness (QED) is 0.0441. The zero-order chi connectivity index (χ0) is 67.9. The highest BCUT2D eigenvalue weighted by Crippen LogP contribution is 2.67. The molecular weight excluding hydrogens is 1260 g/mol. The fraction of sp³-hybridized carbons (Fsp3) is 0.934. The summed E-state index contributed by atoms with van der Waals surface area (Å²) >= 11 is 0. The van der Waals surface area contributed by atoms with Crippen LogP contribution in [0.5, 0.6) is 0 Å². The smallest absolute Gasteiger partial charge is 0.394 e. The van der Waals surface area contributed by atoms with Gasteiger partial charge < -0.3 is 133 Å². The molecule has 6 saturated heterocycles. The van der Waals surface area contributed by atoms with Crippen molar-refractivity contribution in [1.82, 2.24) is 0 Å². The van der Waals surface area contributed by atoms with E-state index >= 15 is 0 Å². The lowest BCUT2D eigenvalue weighted by Crippen LogP contribution is -2.67. The molecule has 0 amide bonds. The van der Waals surface area contributed by atoms with Crippen LogP contribution in [0.2, 0.25) is 0 Å². The van der Waals surface area contributed by atoms with Gasteiger partial charge in [-0.25, -0.2) is 4.18 Å². The summed E-state index contributed by atoms with van der Waals surface area (Å²) in [6.45, 7) is 12.4. The highest BCUT2D eigenvalue weighted by molar-refractivity contribution is 7.80. The van der Waals surface area contributed by atoms with Crippen molar-refractivity contribution in [2.45, 2.75) is 303 Å². The first-order chi connectivity index (χ1) is 43.6. The van der Waals surface area contributed by atoms with Crippen LogP contribution in [0.25, 0.3) is 0 Å². The van der Waals surface area contributed by atoms with E-state index in [1.807, 2.05) is 20.8 Å². The van der Waals surface area contributed by atoms with E-state index in [0.717, 1.165) is 24.8 Å². The first-order valence-corrected chi connectivity index (χ1v) is 33.9. The molecule has 536 valence electrons. The summed E-state index contributed by atoms with van der Waals surface area (Å²) in [7, 11) is -4.88. The fourth-order valence-corrected chi connectivity index (χ4v) is 17.3. The van der Waals surface area contributed by atoms with Gasteiger partial charge in [0, 0.05) is 0 Å². The minimum atomic E-state index is -4.88. The third-order valence-electron chi connectivity index (χ3n) is 22.0. The van der Waals surface area contributed by atoms with Crippen molar-refractivity contribution in [3.05, 3.63) is 23.3 Å². The van der Waals surface area contributed by atoms with Gasteiger partial charge in [0.1, 0.15) is 116 Å². The van der Waals surface area contributed by atoms with Crippen LogP contribution >= 0.6 is 0 Å². The Labute approximate surface area is 539 Å². The zero-order valence-corrected chi connectivity index (χ0v) is 54.3. The minimum Gasteiger partial charge on any atom is -0.394 e. The summed E-state index contributed by atoms with van der Waals surface area (Å²) in [4.78, 5) is 0. The number of hydrogen-bond acceptors (Lipinski definition) is 30. The van der Waals surface area contributed by atoms with Gasteiger partial charge in [-0.2, -0.15) is 8.42 Å². The molecule has 16 N–H and O–H groups in total. The van der Waals surface area contributed by atoms with E-state index in [-0.39, 0.29) is 36.0 Å². The Morgan fingerprint density at radius 2 is 1.14 bits per heavy atom. The Kier molecular flexibility index (Phi) is 23.1. The van der Waals surface area contributed by atoms with Crippen LogP contribution in [-0.2, 0) is 71.4 Å². The van der Waals surface area contributed by atoms with E-state index < -0.39 is 231 Å². The monoisotopic (exact) mass is 1360 g/mol. The predicted octanol–water partition coefficient (Wildman–Crippen LogP) is -3.47. The van der Waals surface area contributed by atoms with Gasteiger partial charge in [0.15, 0.2) is 37.7 Å². The van der Waals surface area contributed by atoms with Crippen LogP contribution in [0.15, 0.2) is 23.3 Å². The largest absolute Gasteiger partial charge is 0.397 e. The van der Waals surface area contributed by atoms with Crippen molar-refractivity contribution >= 4 is 10.4 Å². The minimum absolute atomic E-state index is 0.0473. The SMILES string of the molecule is CC(C)=CCC[C@](C)(O)C1CC[C@H]2C3C[C@H](O[C@@H]4O[C@H](C)[C@@H](O)[C@H](O[C@@H]5OC[C@@H](O[C@@H]6O[C@H](C)[C@H](O)[C@H](O)[C@H]6O[C@@H]6OC[C@H](O)[C@H](O[C@@H]7O[C@H](CO)[C@H](O)[C@H](O)[C@H]7O)[C@H]6O)[C@H](O)[C@H]5O[C@@H]5O[C@H](C)[C@@H](O)[C@H](O)[C@H]5O)[C@H]4O)[C@H]4C[C@@H](OS(=O)(=O)O)CC[C@]4(C)C3=CC[C@]12C. The fourth-order valence-electron chi connectivity index (χ4n) is 16.8. The predicted molar refractivity (Wildman–Crippen MR) is 312 cm³/mol. The van der Waals surface area contributed by atoms with E-state index in [1.165, 1.54) is 26.3 Å². The lowest BCUT2D eigenvalue weighted by atomic mass is 9.47. The van der Waals surface area contributed by atoms with Crippen molar-refractivity contribution in [3.8, 4) is 0 Å². The molecule has 3 saturated carbocycles. The van der Waals surface area contributed by atoms with Gasteiger partial charge in [-0.3, -0.25) is 4.55 Å². The van der Waals surface area contributed by atoms with E-state index in [2.05, 4.69) is 26.0 Å². The first kappa shape index (κ1) is 74.0. The molecule has 0 aromatic carbocycles. The first-order valence-electron chi connectivity index (χ1n) is 32.5. The average molecular weight is 1360 g/mol. The standard InChI is InChI=1S/C61H100O31S/c1-23(2)10-9-15-61(8,76)36-12-11-29-28-19-33(31-18-27(92-93(77,78)79)13-16-59(31,6)30(28)14-17-60(29,36)7)85-56-48(75)50(39(66)26(5)83-56)89-57-51(91-54-45(72)42(69)37(64)24(3)82-54)41(68)35(22-81-57)87-58-52(44(71)38(65)25(4)84-58)90-53-47(74)49(32(63)21-80-53)88-55-46(73)43(70)40(67)34(20-62)86-55/h10,14,24-29,31-58,62-76H,9,11-13,15-22H2,1-8H3,(H,77,78,79)/t24-,25-,26-,27+,28?,29+,31-,32+,33+,34-,35-,36?,37-,38+,39-,40+,41+,42+,43+,44+,45-,46-,47-,48-,49+,50+,51-,52-,53+,54+,55+,56+,57+,58+,59-,60+,61+/m1/s1. The Morgan fingerprint density at radius 1 is 0.591 bits per heavy atom. The number of aliphatic hydroxyl groups is 15. The lowest BCUT2D eigenvalue weighted by molar-refractivity contribution is -0.398. The molecule has 31 nitrogen and oxygen atoms in total. The highest BCUT2D eigenvalue weighted by atomic mass is 32.3. The van der Waals surface area contributed by atoms with Crippen LogP contribution in [0, 0.1) is 34.5 Å². The van der Waals surface area contributed by atoms with Crippen LogP contribution in [-0.4, -0.2) is 299 Å². The van der Waals surface area contributed by atoms with Gasteiger partial charge in [0.2, 0.25) is 0 Å². The number of aliphatic hydroxyl groups excluding tert-OH is 14. The Bertz CT molecular complexity index is 2670. The maximum Gasteiger partial charge on any atom is 0.397 e. The number of ether oxygens (including phenoxy) is 12. The molecule has 0 radical (unpaired) electrons. The Balaban J connectivity index is 0.892. The topological polar surface area (TPSA) is 478 Å². The Hall–Kier alpha value is -1.73. The lowest BCUT2D eigenvalue weighted by Gasteiger charge is -2.60. The maximum atomic E-state index is 12.5. The molecule has 10 aliphatic rings. The van der Waals surface area contributed by atoms with Crippen LogP contribution in [0.4, 0.5) is 0 Å². The molecule has 0 spiro atoms. The van der Waals surface area contributed by atoms with Crippen molar-refractivity contribution in [3.63, 3.8) is 0 Å². The third kappa shape index (κ3) is 14.9. The molecule has 9 fully saturated rings. The number of allylic oxidation sites excluding steroid dienone is 4. The second kappa shape index (κ2) is 29.1. The molecule has 0 aromatic heterocycles. The zero-order valence-electron chi connectivity index (χ0n) is 53.5. The third-order valence-corrected chi connectivity index (χ3v) is 22.5. The normalized spacial score (nSPS) is 52.0. The molecule has 10 rings (SSSR count). The van der Waals surface area contributed by atoms with E-state index in [4.69, 9.17) is 61.0 Å². The summed E-state index contributed by atoms with van der Waals surface area (Å²) in [5.41, 5.74) is 0.434. The molecule has 93 heavy (non-hydrogen) atoms. The van der Waals surface area contributed by atoms with Crippen LogP contribution < -0.4 is 0 Å². The molecule has 0 bridgehead atoms. The van der Waals surface area contributed by atoms with Gasteiger partial charge in [-0.1, -0.05) is 37.1 Å². The summed E-state index contributed by atoms with van der Waals surface area (Å²) in [5.74, 6) is -0.534. The number of rotatable bonds is 19. The van der Waals surface area contributed by atoms with Crippen molar-refractivity contribution in [1.29, 1.82) is 0 Å². The van der Waals surface area contributed by atoms with E-state index in [1.54, 1.807) is 0 Å². The highest BCUT2D eigenvalue weighted by Gasteiger charge is 2.64. The molecule has 2 unspecified atom stereocenters. The molecule has 0 aromatic rings. The van der Waals surface area contributed by atoms with Crippen molar-refractivity contribution in [2.75, 3.05) is 19.8 Å². The molecule has 4 aliphatic carbocycles. The Morgan fingerprint density at radius 3 is 1.80 bits per heavy atom. The van der Waals surface area contributed by atoms with Gasteiger partial charge in [-0.05, 0) is 134 Å². The second-order valence-electron chi connectivity index (χ2n) is 28.5. The number of hydrogen-bond donors (Lipinski definition) is 16. The molecule has 6 aliphatic heterocycles. The summed E-state index contributed by atoms with van der Waals surface area (Å²) in [5, 5.41) is 168. The average Bonchev–Trinajstić information content (AvgIpc) is 1.69. The van der Waals surface area contributed by atoms with Crippen LogP contribution in [0.3, 0.4) is 0 Å². The van der Waals surface area contributed by atoms with Gasteiger partial charge in [0.05, 0.1) is 55.9 Å². The number of fused-ring (bicyclic) bond motifs is 5. The van der Waals surface area contributed by atoms with Crippen LogP contribution in [0.1, 0.15) is 113 Å². The van der Waals surface area contributed by atoms with E-state index in [0.29, 0.717) is 25.7 Å². The van der Waals surface area contributed by atoms with Gasteiger partial charge >= 0.3 is 10.4 Å². The second-order valence-corrected chi connectivity index (χ2v) is 29.6. The van der Waals surface area contributed by atoms with Crippen molar-refractivity contribution < 1.29 is 151 Å². The van der Waals surface area contributed by atoms with Crippen molar-refractivity contribution in [2.24, 2.45) is 34.5 Å². The van der Waals surface area contributed by atoms with E-state index in [9.17, 15) is 89.6 Å². The summed E-state index contributed by atoms with van der Waals surface area (Å²) in [6.07, 6.45) is -41.0. The summed E-state index contributed by atoms with van der Waals surface area (Å²) in [6, 6.07) is 0. The molecule has 37 atom stereocenters. The molecule has 32 heteroatoms.